The van der Waals surface area contributed by atoms with Crippen LogP contribution in [-0.4, -0.2) is 13.1 Å². The van der Waals surface area contributed by atoms with Crippen LogP contribution in [0.5, 0.6) is 11.5 Å². The molecule has 0 saturated carbocycles. The predicted octanol–water partition coefficient (Wildman–Crippen LogP) is 3.78. The van der Waals surface area contributed by atoms with Gasteiger partial charge in [0, 0.05) is 12.0 Å². The van der Waals surface area contributed by atoms with Crippen molar-refractivity contribution in [1.29, 1.82) is 0 Å². The van der Waals surface area contributed by atoms with E-state index in [1.807, 2.05) is 0 Å². The summed E-state index contributed by atoms with van der Waals surface area (Å²) in [6.45, 7) is 1.66. The number of rotatable bonds is 4. The van der Waals surface area contributed by atoms with Crippen LogP contribution >= 0.6 is 0 Å². The number of ether oxygens (including phenoxy) is 2. The van der Waals surface area contributed by atoms with E-state index in [-0.39, 0.29) is 23.4 Å². The minimum atomic E-state index is -0.493. The number of hydrogen-bond acceptors (Lipinski definition) is 5. The van der Waals surface area contributed by atoms with Gasteiger partial charge in [0.1, 0.15) is 11.3 Å². The molecule has 0 atom stereocenters. The third-order valence-corrected chi connectivity index (χ3v) is 3.61. The number of fused-ring (bicyclic) bond motifs is 1. The van der Waals surface area contributed by atoms with Gasteiger partial charge in [-0.2, -0.15) is 0 Å². The molecular weight excluding hydrogens is 308 g/mol. The molecule has 3 aromatic rings. The summed E-state index contributed by atoms with van der Waals surface area (Å²) in [7, 11) is 1.57. The molecule has 0 aliphatic heterocycles. The lowest BCUT2D eigenvalue weighted by Crippen LogP contribution is -2.15. The van der Waals surface area contributed by atoms with Gasteiger partial charge in [-0.25, -0.2) is 0 Å². The number of carbonyl (C=O) groups is 1. The molecule has 1 heterocycles. The SMILES string of the molecule is CCC(=O)Oc1c(-c2ccc(OC)cc2)oc2ccccc2c1=O. The Kier molecular flexibility index (Phi) is 4.33. The zero-order chi connectivity index (χ0) is 17.1. The molecule has 0 bridgehead atoms. The van der Waals surface area contributed by atoms with E-state index >= 15 is 0 Å². The zero-order valence-electron chi connectivity index (χ0n) is 13.4. The fraction of sp³-hybridized carbons (Fsp3) is 0.158. The van der Waals surface area contributed by atoms with E-state index in [2.05, 4.69) is 0 Å². The molecule has 3 rings (SSSR count). The van der Waals surface area contributed by atoms with Crippen LogP contribution in [0.15, 0.2) is 57.7 Å². The van der Waals surface area contributed by atoms with Gasteiger partial charge in [0.05, 0.1) is 12.5 Å². The van der Waals surface area contributed by atoms with Crippen LogP contribution in [0.25, 0.3) is 22.3 Å². The molecule has 5 heteroatoms. The topological polar surface area (TPSA) is 65.7 Å². The van der Waals surface area contributed by atoms with Crippen LogP contribution in [0.2, 0.25) is 0 Å². The van der Waals surface area contributed by atoms with Crippen LogP contribution in [0, 0.1) is 0 Å². The Morgan fingerprint density at radius 3 is 2.46 bits per heavy atom. The molecule has 122 valence electrons. The van der Waals surface area contributed by atoms with Crippen LogP contribution in [0.4, 0.5) is 0 Å². The summed E-state index contributed by atoms with van der Waals surface area (Å²) in [5.41, 5.74) is 0.687. The van der Waals surface area contributed by atoms with Crippen molar-refractivity contribution in [2.75, 3.05) is 7.11 Å². The second kappa shape index (κ2) is 6.58. The highest BCUT2D eigenvalue weighted by Crippen LogP contribution is 2.32. The Morgan fingerprint density at radius 2 is 1.79 bits per heavy atom. The monoisotopic (exact) mass is 324 g/mol. The number of carbonyl (C=O) groups excluding carboxylic acids is 1. The van der Waals surface area contributed by atoms with E-state index in [4.69, 9.17) is 13.9 Å². The Labute approximate surface area is 138 Å². The van der Waals surface area contributed by atoms with Crippen molar-refractivity contribution >= 4 is 16.9 Å². The van der Waals surface area contributed by atoms with Crippen molar-refractivity contribution < 1.29 is 18.7 Å². The summed E-state index contributed by atoms with van der Waals surface area (Å²) >= 11 is 0. The van der Waals surface area contributed by atoms with Gasteiger partial charge < -0.3 is 13.9 Å². The van der Waals surface area contributed by atoms with Gasteiger partial charge in [-0.1, -0.05) is 19.1 Å². The minimum Gasteiger partial charge on any atom is -0.497 e. The third-order valence-electron chi connectivity index (χ3n) is 3.61. The normalized spacial score (nSPS) is 10.6. The summed E-state index contributed by atoms with van der Waals surface area (Å²) < 4.78 is 16.3. The van der Waals surface area contributed by atoms with Gasteiger partial charge in [0.2, 0.25) is 11.2 Å². The van der Waals surface area contributed by atoms with Gasteiger partial charge in [-0.05, 0) is 36.4 Å². The van der Waals surface area contributed by atoms with Crippen molar-refractivity contribution in [2.45, 2.75) is 13.3 Å². The second-order valence-electron chi connectivity index (χ2n) is 5.14. The summed E-state index contributed by atoms with van der Waals surface area (Å²) in [6.07, 6.45) is 0.161. The van der Waals surface area contributed by atoms with E-state index in [0.717, 1.165) is 0 Å². The maximum atomic E-state index is 12.7. The lowest BCUT2D eigenvalue weighted by Gasteiger charge is -2.10. The van der Waals surface area contributed by atoms with E-state index in [9.17, 15) is 9.59 Å². The average molecular weight is 324 g/mol. The molecule has 0 N–H and O–H groups in total. The zero-order valence-corrected chi connectivity index (χ0v) is 13.4. The highest BCUT2D eigenvalue weighted by atomic mass is 16.5. The molecule has 1 aromatic heterocycles. The highest BCUT2D eigenvalue weighted by molar-refractivity contribution is 5.84. The Bertz CT molecular complexity index is 938. The van der Waals surface area contributed by atoms with E-state index in [1.54, 1.807) is 62.6 Å². The maximum Gasteiger partial charge on any atom is 0.311 e. The predicted molar refractivity (Wildman–Crippen MR) is 90.4 cm³/mol. The fourth-order valence-corrected chi connectivity index (χ4v) is 2.34. The number of para-hydroxylation sites is 1. The molecule has 0 unspecified atom stereocenters. The molecule has 0 radical (unpaired) electrons. The first-order valence-corrected chi connectivity index (χ1v) is 7.55. The van der Waals surface area contributed by atoms with Crippen molar-refractivity contribution in [1.82, 2.24) is 0 Å². The lowest BCUT2D eigenvalue weighted by atomic mass is 10.1. The molecule has 0 amide bonds. The van der Waals surface area contributed by atoms with Crippen LogP contribution in [-0.2, 0) is 4.79 Å². The van der Waals surface area contributed by atoms with E-state index < -0.39 is 5.97 Å². The Balaban J connectivity index is 2.24. The molecule has 0 fully saturated rings. The fourth-order valence-electron chi connectivity index (χ4n) is 2.34. The molecule has 0 aliphatic carbocycles. The highest BCUT2D eigenvalue weighted by Gasteiger charge is 2.19. The molecular formula is C19H16O5. The van der Waals surface area contributed by atoms with E-state index in [1.165, 1.54) is 0 Å². The third kappa shape index (κ3) is 2.88. The van der Waals surface area contributed by atoms with Crippen molar-refractivity contribution in [3.63, 3.8) is 0 Å². The van der Waals surface area contributed by atoms with Gasteiger partial charge in [0.15, 0.2) is 5.76 Å². The number of benzene rings is 2. The van der Waals surface area contributed by atoms with Gasteiger partial charge in [-0.15, -0.1) is 0 Å². The molecule has 0 spiro atoms. The Morgan fingerprint density at radius 1 is 1.08 bits per heavy atom. The van der Waals surface area contributed by atoms with E-state index in [0.29, 0.717) is 22.3 Å². The molecule has 2 aromatic carbocycles. The van der Waals surface area contributed by atoms with Crippen LogP contribution < -0.4 is 14.9 Å². The van der Waals surface area contributed by atoms with Gasteiger partial charge in [-0.3, -0.25) is 9.59 Å². The average Bonchev–Trinajstić information content (AvgIpc) is 2.64. The van der Waals surface area contributed by atoms with Gasteiger partial charge >= 0.3 is 5.97 Å². The number of hydrogen-bond donors (Lipinski definition) is 0. The molecule has 5 nitrogen and oxygen atoms in total. The Hall–Kier alpha value is -3.08. The standard InChI is InChI=1S/C19H16O5/c1-3-16(20)24-19-17(21)14-6-4-5-7-15(14)23-18(19)12-8-10-13(22-2)11-9-12/h4-11H,3H2,1-2H3. The smallest absolute Gasteiger partial charge is 0.311 e. The summed E-state index contributed by atoms with van der Waals surface area (Å²) in [6, 6.07) is 13.8. The molecule has 24 heavy (non-hydrogen) atoms. The van der Waals surface area contributed by atoms with Crippen molar-refractivity contribution in [3.05, 3.63) is 58.8 Å². The maximum absolute atomic E-state index is 12.7. The lowest BCUT2D eigenvalue weighted by molar-refractivity contribution is -0.134. The summed E-state index contributed by atoms with van der Waals surface area (Å²) in [4.78, 5) is 24.5. The summed E-state index contributed by atoms with van der Waals surface area (Å²) in [5.74, 6) is 0.315. The quantitative estimate of drug-likeness (QED) is 0.683. The first-order valence-electron chi connectivity index (χ1n) is 7.55. The van der Waals surface area contributed by atoms with Gasteiger partial charge in [0.25, 0.3) is 0 Å². The van der Waals surface area contributed by atoms with Crippen LogP contribution in [0.1, 0.15) is 13.3 Å². The number of methoxy groups -OCH3 is 1. The summed E-state index contributed by atoms with van der Waals surface area (Å²) in [5, 5.41) is 0.369. The second-order valence-corrected chi connectivity index (χ2v) is 5.14. The molecule has 0 saturated heterocycles. The first-order chi connectivity index (χ1) is 11.6. The first kappa shape index (κ1) is 15.8. The van der Waals surface area contributed by atoms with Crippen molar-refractivity contribution in [3.8, 4) is 22.8 Å². The molecule has 0 aliphatic rings. The number of esters is 1. The van der Waals surface area contributed by atoms with Crippen molar-refractivity contribution in [2.24, 2.45) is 0 Å². The van der Waals surface area contributed by atoms with Crippen LogP contribution in [0.3, 0.4) is 0 Å². The largest absolute Gasteiger partial charge is 0.497 e. The minimum absolute atomic E-state index is 0.0919.